The Labute approximate surface area is 206 Å². The number of thiazole rings is 1. The Morgan fingerprint density at radius 3 is 2.31 bits per heavy atom. The standard InChI is InChI=1S/C26H25N3O5S/c30-22(29-26(10-5-11-26)13-23(31)32)12-16-15-35-24(27-16)28-25(33)34-14-21-19-8-3-1-6-17(19)18-7-2-4-9-20(18)21/h1-4,6-9,15,21H,5,10-14H2,(H,29,30)(H,31,32)(H,27,28,33). The zero-order valence-corrected chi connectivity index (χ0v) is 19.8. The van der Waals surface area contributed by atoms with Gasteiger partial charge in [-0.15, -0.1) is 11.3 Å². The number of hydrogen-bond donors (Lipinski definition) is 3. The molecule has 3 aromatic rings. The molecule has 1 heterocycles. The topological polar surface area (TPSA) is 118 Å². The number of hydrogen-bond acceptors (Lipinski definition) is 6. The lowest BCUT2D eigenvalue weighted by molar-refractivity contribution is -0.140. The van der Waals surface area contributed by atoms with Gasteiger partial charge in [0.15, 0.2) is 5.13 Å². The summed E-state index contributed by atoms with van der Waals surface area (Å²) in [4.78, 5) is 40.3. The number of ether oxygens (including phenoxy) is 1. The Balaban J connectivity index is 1.15. The number of carboxylic acid groups (broad SMARTS) is 1. The second kappa shape index (κ2) is 9.50. The Hall–Kier alpha value is -3.72. The molecule has 0 aliphatic heterocycles. The number of carboxylic acids is 1. The number of aromatic nitrogens is 1. The Morgan fingerprint density at radius 1 is 1.06 bits per heavy atom. The minimum absolute atomic E-state index is 0.0181. The molecule has 1 saturated carbocycles. The van der Waals surface area contributed by atoms with Gasteiger partial charge in [0.05, 0.1) is 24.1 Å². The second-order valence-electron chi connectivity index (χ2n) is 9.02. The van der Waals surface area contributed by atoms with E-state index in [-0.39, 0.29) is 31.3 Å². The van der Waals surface area contributed by atoms with Crippen LogP contribution in [0.5, 0.6) is 0 Å². The summed E-state index contributed by atoms with van der Waals surface area (Å²) in [5.74, 6) is -1.23. The molecule has 0 unspecified atom stereocenters. The van der Waals surface area contributed by atoms with Gasteiger partial charge in [0.2, 0.25) is 5.91 Å². The minimum Gasteiger partial charge on any atom is -0.481 e. The summed E-state index contributed by atoms with van der Waals surface area (Å²) in [6, 6.07) is 16.3. The average Bonchev–Trinajstić information content (AvgIpc) is 3.37. The summed E-state index contributed by atoms with van der Waals surface area (Å²) in [5, 5.41) is 16.6. The molecule has 35 heavy (non-hydrogen) atoms. The monoisotopic (exact) mass is 491 g/mol. The third kappa shape index (κ3) is 4.90. The summed E-state index contributed by atoms with van der Waals surface area (Å²) < 4.78 is 5.54. The lowest BCUT2D eigenvalue weighted by atomic mass is 9.74. The fraction of sp³-hybridized carbons (Fsp3) is 0.308. The van der Waals surface area contributed by atoms with Crippen LogP contribution in [0.4, 0.5) is 9.93 Å². The number of aliphatic carboxylic acids is 1. The smallest absolute Gasteiger partial charge is 0.413 e. The molecule has 0 bridgehead atoms. The van der Waals surface area contributed by atoms with Crippen molar-refractivity contribution >= 4 is 34.4 Å². The highest BCUT2D eigenvalue weighted by Crippen LogP contribution is 2.44. The second-order valence-corrected chi connectivity index (χ2v) is 9.88. The van der Waals surface area contributed by atoms with Crippen LogP contribution in [0.1, 0.15) is 48.4 Å². The molecule has 0 saturated heterocycles. The SMILES string of the molecule is O=C(O)CC1(NC(=O)Cc2csc(NC(=O)OCC3c4ccccc4-c4ccccc43)n2)CCC1. The van der Waals surface area contributed by atoms with Crippen molar-refractivity contribution in [3.8, 4) is 11.1 Å². The van der Waals surface area contributed by atoms with Gasteiger partial charge in [-0.1, -0.05) is 48.5 Å². The number of nitrogens with one attached hydrogen (secondary N) is 2. The Bertz CT molecular complexity index is 1240. The highest BCUT2D eigenvalue weighted by atomic mass is 32.1. The highest BCUT2D eigenvalue weighted by Gasteiger charge is 2.40. The van der Waals surface area contributed by atoms with E-state index in [2.05, 4.69) is 39.9 Å². The Kier molecular flexibility index (Phi) is 6.25. The van der Waals surface area contributed by atoms with Gasteiger partial charge in [-0.25, -0.2) is 9.78 Å². The van der Waals surface area contributed by atoms with Gasteiger partial charge < -0.3 is 15.2 Å². The molecule has 3 N–H and O–H groups in total. The first kappa shape index (κ1) is 23.0. The first-order chi connectivity index (χ1) is 16.9. The van der Waals surface area contributed by atoms with Crippen LogP contribution in [0, 0.1) is 0 Å². The summed E-state index contributed by atoms with van der Waals surface area (Å²) in [5.41, 5.74) is 4.44. The van der Waals surface area contributed by atoms with E-state index in [0.29, 0.717) is 23.7 Å². The van der Waals surface area contributed by atoms with Crippen molar-refractivity contribution < 1.29 is 24.2 Å². The molecule has 8 nitrogen and oxygen atoms in total. The number of rotatable bonds is 8. The van der Waals surface area contributed by atoms with E-state index >= 15 is 0 Å². The van der Waals surface area contributed by atoms with Gasteiger partial charge in [-0.2, -0.15) is 0 Å². The lowest BCUT2D eigenvalue weighted by Gasteiger charge is -2.41. The largest absolute Gasteiger partial charge is 0.481 e. The van der Waals surface area contributed by atoms with Gasteiger partial charge in [0.25, 0.3) is 0 Å². The maximum atomic E-state index is 12.5. The van der Waals surface area contributed by atoms with Crippen molar-refractivity contribution in [3.63, 3.8) is 0 Å². The van der Waals surface area contributed by atoms with Crippen LogP contribution in [-0.4, -0.2) is 40.2 Å². The number of carbonyl (C=O) groups is 3. The van der Waals surface area contributed by atoms with E-state index in [0.717, 1.165) is 28.7 Å². The Morgan fingerprint density at radius 2 is 1.71 bits per heavy atom. The van der Waals surface area contributed by atoms with Gasteiger partial charge in [-0.3, -0.25) is 14.9 Å². The third-order valence-electron chi connectivity index (χ3n) is 6.65. The lowest BCUT2D eigenvalue weighted by Crippen LogP contribution is -2.55. The fourth-order valence-electron chi connectivity index (χ4n) is 4.91. The number of amides is 2. The van der Waals surface area contributed by atoms with Gasteiger partial charge in [-0.05, 0) is 41.5 Å². The number of carbonyl (C=O) groups excluding carboxylic acids is 2. The van der Waals surface area contributed by atoms with E-state index in [4.69, 9.17) is 9.84 Å². The van der Waals surface area contributed by atoms with Gasteiger partial charge >= 0.3 is 12.1 Å². The quantitative estimate of drug-likeness (QED) is 0.425. The van der Waals surface area contributed by atoms with Crippen molar-refractivity contribution in [2.24, 2.45) is 0 Å². The van der Waals surface area contributed by atoms with Crippen molar-refractivity contribution in [1.29, 1.82) is 0 Å². The molecule has 9 heteroatoms. The van der Waals surface area contributed by atoms with Crippen molar-refractivity contribution in [1.82, 2.24) is 10.3 Å². The van der Waals surface area contributed by atoms with Crippen LogP contribution >= 0.6 is 11.3 Å². The van der Waals surface area contributed by atoms with E-state index in [1.54, 1.807) is 5.38 Å². The number of benzene rings is 2. The number of anilines is 1. The van der Waals surface area contributed by atoms with Crippen LogP contribution in [0.3, 0.4) is 0 Å². The molecule has 180 valence electrons. The summed E-state index contributed by atoms with van der Waals surface area (Å²) in [6.45, 7) is 0.201. The van der Waals surface area contributed by atoms with Crippen molar-refractivity contribution in [2.45, 2.75) is 43.6 Å². The van der Waals surface area contributed by atoms with E-state index in [1.807, 2.05) is 24.3 Å². The van der Waals surface area contributed by atoms with E-state index in [9.17, 15) is 14.4 Å². The summed E-state index contributed by atoms with van der Waals surface area (Å²) in [7, 11) is 0. The molecule has 5 rings (SSSR count). The van der Waals surface area contributed by atoms with Gasteiger partial charge in [0, 0.05) is 11.3 Å². The van der Waals surface area contributed by atoms with Crippen LogP contribution in [0.25, 0.3) is 11.1 Å². The molecule has 2 aromatic carbocycles. The van der Waals surface area contributed by atoms with E-state index in [1.165, 1.54) is 11.3 Å². The highest BCUT2D eigenvalue weighted by molar-refractivity contribution is 7.13. The van der Waals surface area contributed by atoms with Crippen LogP contribution in [-0.2, 0) is 20.7 Å². The molecule has 2 aliphatic carbocycles. The first-order valence-electron chi connectivity index (χ1n) is 11.5. The average molecular weight is 492 g/mol. The van der Waals surface area contributed by atoms with Crippen LogP contribution in [0.2, 0.25) is 0 Å². The van der Waals surface area contributed by atoms with Crippen molar-refractivity contribution in [2.75, 3.05) is 11.9 Å². The molecule has 2 amide bonds. The fourth-order valence-corrected chi connectivity index (χ4v) is 5.61. The molecular weight excluding hydrogens is 466 g/mol. The van der Waals surface area contributed by atoms with Crippen LogP contribution < -0.4 is 10.6 Å². The zero-order valence-electron chi connectivity index (χ0n) is 19.0. The maximum absolute atomic E-state index is 12.5. The minimum atomic E-state index is -0.923. The normalized spacial score (nSPS) is 15.4. The summed E-state index contributed by atoms with van der Waals surface area (Å²) >= 11 is 1.21. The molecule has 1 aromatic heterocycles. The zero-order chi connectivity index (χ0) is 24.4. The third-order valence-corrected chi connectivity index (χ3v) is 7.46. The maximum Gasteiger partial charge on any atom is 0.413 e. The molecular formula is C26H25N3O5S. The predicted octanol–water partition coefficient (Wildman–Crippen LogP) is 4.56. The van der Waals surface area contributed by atoms with Crippen molar-refractivity contribution in [3.05, 3.63) is 70.7 Å². The molecule has 0 atom stereocenters. The molecule has 1 fully saturated rings. The molecule has 0 spiro atoms. The van der Waals surface area contributed by atoms with Gasteiger partial charge in [0.1, 0.15) is 6.61 Å². The molecule has 2 aliphatic rings. The number of fused-ring (bicyclic) bond motifs is 3. The van der Waals surface area contributed by atoms with E-state index < -0.39 is 17.6 Å². The summed E-state index contributed by atoms with van der Waals surface area (Å²) in [6.07, 6.45) is 1.56. The van der Waals surface area contributed by atoms with Crippen LogP contribution in [0.15, 0.2) is 53.9 Å². The first-order valence-corrected chi connectivity index (χ1v) is 12.4. The number of nitrogens with zero attached hydrogens (tertiary/aromatic N) is 1. The molecule has 0 radical (unpaired) electrons. The predicted molar refractivity (Wildman–Crippen MR) is 131 cm³/mol.